The van der Waals surface area contributed by atoms with E-state index >= 15 is 0 Å². The zero-order chi connectivity index (χ0) is 25.3. The van der Waals surface area contributed by atoms with Crippen molar-refractivity contribution in [3.05, 3.63) is 59.9 Å². The maximum Gasteiger partial charge on any atom is 0.320 e. The molecule has 10 heteroatoms. The number of hydrogen-bond donors (Lipinski definition) is 1. The van der Waals surface area contributed by atoms with E-state index in [9.17, 15) is 18.0 Å². The third-order valence-corrected chi connectivity index (χ3v) is 8.68. The number of hydrogen-bond acceptors (Lipinski definition) is 6. The number of fused-ring (bicyclic) bond motifs is 1. The van der Waals surface area contributed by atoms with Crippen LogP contribution in [0.2, 0.25) is 0 Å². The van der Waals surface area contributed by atoms with Crippen LogP contribution in [0.25, 0.3) is 0 Å². The van der Waals surface area contributed by atoms with Crippen LogP contribution in [-0.4, -0.2) is 86.3 Å². The van der Waals surface area contributed by atoms with Crippen LogP contribution < -0.4 is 5.32 Å². The number of nitrogens with one attached hydrogen (secondary N) is 1. The number of ether oxygens (including phenoxy) is 1. The molecule has 3 atom stereocenters. The van der Waals surface area contributed by atoms with Gasteiger partial charge in [-0.3, -0.25) is 9.78 Å². The van der Waals surface area contributed by atoms with Crippen LogP contribution in [0.5, 0.6) is 0 Å². The van der Waals surface area contributed by atoms with E-state index in [1.54, 1.807) is 24.4 Å². The number of pyridine rings is 1. The van der Waals surface area contributed by atoms with Crippen molar-refractivity contribution in [2.75, 3.05) is 39.0 Å². The van der Waals surface area contributed by atoms with Crippen LogP contribution in [0, 0.1) is 5.92 Å². The second kappa shape index (κ2) is 10.2. The van der Waals surface area contributed by atoms with Gasteiger partial charge in [0, 0.05) is 50.7 Å². The molecule has 192 valence electrons. The van der Waals surface area contributed by atoms with E-state index in [1.165, 1.54) is 6.26 Å². The summed E-state index contributed by atoms with van der Waals surface area (Å²) in [5, 5.41) is 2.95. The highest BCUT2D eigenvalue weighted by molar-refractivity contribution is 7.90. The molecular weight excluding hydrogens is 480 g/mol. The molecule has 3 saturated heterocycles. The summed E-state index contributed by atoms with van der Waals surface area (Å²) in [6, 6.07) is 11.0. The lowest BCUT2D eigenvalue weighted by Crippen LogP contribution is -2.62. The van der Waals surface area contributed by atoms with Gasteiger partial charge in [0.1, 0.15) is 6.61 Å². The van der Waals surface area contributed by atoms with E-state index in [1.807, 2.05) is 34.2 Å². The Morgan fingerprint density at radius 1 is 1.08 bits per heavy atom. The maximum atomic E-state index is 13.3. The highest BCUT2D eigenvalue weighted by atomic mass is 32.2. The van der Waals surface area contributed by atoms with Crippen LogP contribution in [0.15, 0.2) is 53.7 Å². The number of aromatic nitrogens is 1. The fourth-order valence-corrected chi connectivity index (χ4v) is 6.41. The van der Waals surface area contributed by atoms with Gasteiger partial charge in [-0.2, -0.15) is 0 Å². The second-order valence-corrected chi connectivity index (χ2v) is 12.0. The molecule has 3 aliphatic heterocycles. The summed E-state index contributed by atoms with van der Waals surface area (Å²) < 4.78 is 30.0. The molecule has 1 aromatic carbocycles. The van der Waals surface area contributed by atoms with Gasteiger partial charge in [0.2, 0.25) is 5.91 Å². The summed E-state index contributed by atoms with van der Waals surface area (Å²) in [7, 11) is -3.33. The molecule has 0 unspecified atom stereocenters. The first-order chi connectivity index (χ1) is 17.3. The van der Waals surface area contributed by atoms with E-state index in [0.29, 0.717) is 37.5 Å². The first-order valence-corrected chi connectivity index (χ1v) is 14.3. The van der Waals surface area contributed by atoms with Crippen molar-refractivity contribution in [3.63, 3.8) is 0 Å². The minimum Gasteiger partial charge on any atom is -0.366 e. The minimum atomic E-state index is -3.33. The van der Waals surface area contributed by atoms with E-state index in [2.05, 4.69) is 10.3 Å². The van der Waals surface area contributed by atoms with Gasteiger partial charge < -0.3 is 19.9 Å². The Labute approximate surface area is 211 Å². The first-order valence-electron chi connectivity index (χ1n) is 12.4. The van der Waals surface area contributed by atoms with Gasteiger partial charge in [0.15, 0.2) is 9.84 Å². The molecule has 0 saturated carbocycles. The third-order valence-electron chi connectivity index (χ3n) is 7.57. The van der Waals surface area contributed by atoms with Crippen LogP contribution in [0.3, 0.4) is 0 Å². The Hall–Kier alpha value is -2.98. The molecule has 0 radical (unpaired) electrons. The van der Waals surface area contributed by atoms with Gasteiger partial charge in [-0.05, 0) is 54.5 Å². The lowest BCUT2D eigenvalue weighted by atomic mass is 9.76. The molecule has 0 bridgehead atoms. The molecule has 36 heavy (non-hydrogen) atoms. The third kappa shape index (κ3) is 5.24. The number of benzene rings is 1. The summed E-state index contributed by atoms with van der Waals surface area (Å²) in [4.78, 5) is 33.4. The molecule has 0 spiro atoms. The molecule has 1 N–H and O–H groups in total. The second-order valence-electron chi connectivity index (χ2n) is 9.97. The summed E-state index contributed by atoms with van der Waals surface area (Å²) in [5.74, 6) is 0.0978. The monoisotopic (exact) mass is 512 g/mol. The standard InChI is InChI=1S/C26H32N4O5S/c1-36(33,34)21-6-2-4-19(14-21)25(20-5-3-10-27-15-20)18-7-11-29(12-8-18)26(32)30-13-9-23-22(16-30)28-24(31)17-35-23/h2-6,10,14-15,18,22-23,25H,7-9,11-13,16-17H2,1H3,(H,28,31)/t22-,23+,25+/m1/s1. The fraction of sp³-hybridized carbons (Fsp3) is 0.500. The predicted octanol–water partition coefficient (Wildman–Crippen LogP) is 2.04. The number of piperidine rings is 2. The number of sulfone groups is 1. The molecular formula is C26H32N4O5S. The average molecular weight is 513 g/mol. The van der Waals surface area contributed by atoms with Gasteiger partial charge in [-0.1, -0.05) is 18.2 Å². The van der Waals surface area contributed by atoms with Crippen LogP contribution >= 0.6 is 0 Å². The van der Waals surface area contributed by atoms with Crippen molar-refractivity contribution in [2.24, 2.45) is 5.92 Å². The van der Waals surface area contributed by atoms with Gasteiger partial charge in [0.25, 0.3) is 0 Å². The Morgan fingerprint density at radius 2 is 1.83 bits per heavy atom. The first kappa shape index (κ1) is 24.7. The minimum absolute atomic E-state index is 0.00345. The maximum absolute atomic E-state index is 13.3. The number of carbonyl (C=O) groups excluding carboxylic acids is 2. The molecule has 3 fully saturated rings. The zero-order valence-electron chi connectivity index (χ0n) is 20.4. The molecule has 4 heterocycles. The summed E-state index contributed by atoms with van der Waals surface area (Å²) in [6.07, 6.45) is 7.09. The zero-order valence-corrected chi connectivity index (χ0v) is 21.2. The number of morpholine rings is 1. The molecule has 2 aromatic rings. The topological polar surface area (TPSA) is 109 Å². The van der Waals surface area contributed by atoms with E-state index in [0.717, 1.165) is 24.0 Å². The van der Waals surface area contributed by atoms with Crippen molar-refractivity contribution >= 4 is 21.8 Å². The number of likely N-dealkylation sites (tertiary alicyclic amines) is 2. The Balaban J connectivity index is 1.29. The number of carbonyl (C=O) groups is 2. The highest BCUT2D eigenvalue weighted by Gasteiger charge is 2.38. The lowest BCUT2D eigenvalue weighted by Gasteiger charge is -2.44. The van der Waals surface area contributed by atoms with Gasteiger partial charge >= 0.3 is 6.03 Å². The summed E-state index contributed by atoms with van der Waals surface area (Å²) >= 11 is 0. The number of rotatable bonds is 4. The Bertz CT molecular complexity index is 1210. The van der Waals surface area contributed by atoms with Gasteiger partial charge in [0.05, 0.1) is 17.0 Å². The van der Waals surface area contributed by atoms with E-state index < -0.39 is 9.84 Å². The SMILES string of the molecule is CS(=O)(=O)c1cccc([C@@H](c2cccnc2)C2CCN(C(=O)N3CC[C@@H]4OCC(=O)N[C@@H]4C3)CC2)c1. The number of urea groups is 1. The Morgan fingerprint density at radius 3 is 2.56 bits per heavy atom. The van der Waals surface area contributed by atoms with Crippen LogP contribution in [-0.2, 0) is 19.4 Å². The van der Waals surface area contributed by atoms with Crippen molar-refractivity contribution in [1.82, 2.24) is 20.1 Å². The van der Waals surface area contributed by atoms with E-state index in [4.69, 9.17) is 4.74 Å². The smallest absolute Gasteiger partial charge is 0.320 e. The van der Waals surface area contributed by atoms with Gasteiger partial charge in [-0.25, -0.2) is 13.2 Å². The van der Waals surface area contributed by atoms with Gasteiger partial charge in [-0.15, -0.1) is 0 Å². The lowest BCUT2D eigenvalue weighted by molar-refractivity contribution is -0.139. The largest absolute Gasteiger partial charge is 0.366 e. The molecule has 5 rings (SSSR count). The highest BCUT2D eigenvalue weighted by Crippen LogP contribution is 2.38. The van der Waals surface area contributed by atoms with Crippen molar-refractivity contribution in [3.8, 4) is 0 Å². The van der Waals surface area contributed by atoms with Crippen molar-refractivity contribution in [1.29, 1.82) is 0 Å². The fourth-order valence-electron chi connectivity index (χ4n) is 5.73. The quantitative estimate of drug-likeness (QED) is 0.672. The van der Waals surface area contributed by atoms with Crippen molar-refractivity contribution < 1.29 is 22.7 Å². The predicted molar refractivity (Wildman–Crippen MR) is 133 cm³/mol. The molecule has 3 amide bonds. The van der Waals surface area contributed by atoms with E-state index in [-0.39, 0.29) is 42.5 Å². The molecule has 3 aliphatic rings. The normalized spacial score (nSPS) is 24.1. The number of nitrogens with zero attached hydrogens (tertiary/aromatic N) is 3. The molecule has 9 nitrogen and oxygen atoms in total. The summed E-state index contributed by atoms with van der Waals surface area (Å²) in [6.45, 7) is 2.42. The van der Waals surface area contributed by atoms with Crippen LogP contribution in [0.4, 0.5) is 4.79 Å². The molecule has 0 aliphatic carbocycles. The summed E-state index contributed by atoms with van der Waals surface area (Å²) in [5.41, 5.74) is 1.99. The van der Waals surface area contributed by atoms with Crippen LogP contribution in [0.1, 0.15) is 36.3 Å². The molecule has 1 aromatic heterocycles. The van der Waals surface area contributed by atoms with Crippen molar-refractivity contribution in [2.45, 2.75) is 42.2 Å². The average Bonchev–Trinajstić information content (AvgIpc) is 2.89. The number of amides is 3. The Kier molecular flexibility index (Phi) is 6.98.